The lowest BCUT2D eigenvalue weighted by molar-refractivity contribution is -0.130. The van der Waals surface area contributed by atoms with Crippen LogP contribution >= 0.6 is 35.3 Å². The SMILES string of the molecule is CCN(Cc1ccccc1)C(=O)CNC(=NC)NCc1ccc(C)s1.I. The fourth-order valence-electron chi connectivity index (χ4n) is 2.42. The summed E-state index contributed by atoms with van der Waals surface area (Å²) in [4.78, 5) is 21.0. The van der Waals surface area contributed by atoms with Gasteiger partial charge in [-0.25, -0.2) is 0 Å². The lowest BCUT2D eigenvalue weighted by Gasteiger charge is -2.22. The maximum absolute atomic E-state index is 12.5. The predicted molar refractivity (Wildman–Crippen MR) is 120 cm³/mol. The van der Waals surface area contributed by atoms with Crippen LogP contribution in [0.1, 0.15) is 22.2 Å². The number of benzene rings is 1. The molecule has 0 saturated heterocycles. The number of amides is 1. The number of carbonyl (C=O) groups is 1. The molecule has 5 nitrogen and oxygen atoms in total. The molecule has 2 N–H and O–H groups in total. The number of halogens is 1. The first-order valence-corrected chi connectivity index (χ1v) is 9.25. The van der Waals surface area contributed by atoms with Crippen molar-refractivity contribution in [2.75, 3.05) is 20.1 Å². The Bertz CT molecular complexity index is 703. The molecular formula is C19H27IN4OS. The summed E-state index contributed by atoms with van der Waals surface area (Å²) in [5, 5.41) is 6.34. The molecule has 1 aromatic carbocycles. The largest absolute Gasteiger partial charge is 0.352 e. The highest BCUT2D eigenvalue weighted by Crippen LogP contribution is 2.14. The van der Waals surface area contributed by atoms with E-state index >= 15 is 0 Å². The zero-order valence-corrected chi connectivity index (χ0v) is 18.6. The van der Waals surface area contributed by atoms with E-state index in [2.05, 4.69) is 34.7 Å². The molecule has 2 aromatic rings. The second kappa shape index (κ2) is 11.9. The first kappa shape index (κ1) is 22.4. The van der Waals surface area contributed by atoms with E-state index < -0.39 is 0 Å². The topological polar surface area (TPSA) is 56.7 Å². The Kier molecular flexibility index (Phi) is 10.3. The lowest BCUT2D eigenvalue weighted by Crippen LogP contribution is -2.44. The number of nitrogens with zero attached hydrogens (tertiary/aromatic N) is 2. The number of carbonyl (C=O) groups excluding carboxylic acids is 1. The first-order chi connectivity index (χ1) is 12.1. The van der Waals surface area contributed by atoms with Gasteiger partial charge >= 0.3 is 0 Å². The number of rotatable bonds is 7. The van der Waals surface area contributed by atoms with Crippen LogP contribution < -0.4 is 10.6 Å². The molecule has 26 heavy (non-hydrogen) atoms. The maximum atomic E-state index is 12.5. The molecule has 7 heteroatoms. The number of hydrogen-bond donors (Lipinski definition) is 2. The molecule has 1 aromatic heterocycles. The van der Waals surface area contributed by atoms with E-state index in [4.69, 9.17) is 0 Å². The van der Waals surface area contributed by atoms with Crippen molar-refractivity contribution in [3.63, 3.8) is 0 Å². The number of likely N-dealkylation sites (N-methyl/N-ethyl adjacent to an activating group) is 1. The molecule has 142 valence electrons. The monoisotopic (exact) mass is 486 g/mol. The van der Waals surface area contributed by atoms with Gasteiger partial charge in [0.2, 0.25) is 5.91 Å². The molecular weight excluding hydrogens is 459 g/mol. The lowest BCUT2D eigenvalue weighted by atomic mass is 10.2. The van der Waals surface area contributed by atoms with Crippen molar-refractivity contribution in [1.82, 2.24) is 15.5 Å². The van der Waals surface area contributed by atoms with Crippen LogP contribution in [0.15, 0.2) is 47.5 Å². The normalized spacial score (nSPS) is 10.8. The summed E-state index contributed by atoms with van der Waals surface area (Å²) in [7, 11) is 1.71. The summed E-state index contributed by atoms with van der Waals surface area (Å²) in [6, 6.07) is 14.2. The summed E-state index contributed by atoms with van der Waals surface area (Å²) >= 11 is 1.75. The van der Waals surface area contributed by atoms with E-state index in [1.165, 1.54) is 9.75 Å². The number of aryl methyl sites for hydroxylation is 1. The minimum Gasteiger partial charge on any atom is -0.352 e. The Morgan fingerprint density at radius 1 is 1.15 bits per heavy atom. The summed E-state index contributed by atoms with van der Waals surface area (Å²) in [5.41, 5.74) is 1.13. The third-order valence-electron chi connectivity index (χ3n) is 3.81. The van der Waals surface area contributed by atoms with Crippen molar-refractivity contribution in [3.8, 4) is 0 Å². The number of hydrogen-bond acceptors (Lipinski definition) is 3. The van der Waals surface area contributed by atoms with E-state index in [-0.39, 0.29) is 36.4 Å². The Hall–Kier alpha value is -1.61. The number of aliphatic imine (C=N–C) groups is 1. The van der Waals surface area contributed by atoms with Gasteiger partial charge in [-0.3, -0.25) is 9.79 Å². The average molecular weight is 486 g/mol. The second-order valence-electron chi connectivity index (χ2n) is 5.69. The van der Waals surface area contributed by atoms with Crippen LogP contribution in [-0.4, -0.2) is 36.9 Å². The summed E-state index contributed by atoms with van der Waals surface area (Å²) < 4.78 is 0. The minimum absolute atomic E-state index is 0. The number of guanidine groups is 1. The van der Waals surface area contributed by atoms with Crippen molar-refractivity contribution in [2.24, 2.45) is 4.99 Å². The number of thiophene rings is 1. The van der Waals surface area contributed by atoms with Crippen LogP contribution in [0, 0.1) is 6.92 Å². The minimum atomic E-state index is 0. The molecule has 0 spiro atoms. The molecule has 2 rings (SSSR count). The summed E-state index contributed by atoms with van der Waals surface area (Å²) in [6.45, 7) is 6.31. The van der Waals surface area contributed by atoms with Gasteiger partial charge in [0.15, 0.2) is 5.96 Å². The molecule has 0 bridgehead atoms. The third-order valence-corrected chi connectivity index (χ3v) is 4.81. The van der Waals surface area contributed by atoms with Gasteiger partial charge in [0.05, 0.1) is 13.1 Å². The standard InChI is InChI=1S/C19H26N4OS.HI/c1-4-23(14-16-8-6-5-7-9-16)18(24)13-22-19(20-3)21-12-17-11-10-15(2)25-17;/h5-11H,4,12-14H2,1-3H3,(H2,20,21,22);1H. The summed E-state index contributed by atoms with van der Waals surface area (Å²) in [6.07, 6.45) is 0. The summed E-state index contributed by atoms with van der Waals surface area (Å²) in [5.74, 6) is 0.691. The van der Waals surface area contributed by atoms with E-state index in [0.29, 0.717) is 25.6 Å². The predicted octanol–water partition coefficient (Wildman–Crippen LogP) is 3.39. The van der Waals surface area contributed by atoms with Gasteiger partial charge in [0.1, 0.15) is 0 Å². The number of nitrogens with one attached hydrogen (secondary N) is 2. The van der Waals surface area contributed by atoms with Gasteiger partial charge in [-0.15, -0.1) is 35.3 Å². The van der Waals surface area contributed by atoms with E-state index in [0.717, 1.165) is 5.56 Å². The molecule has 0 aliphatic heterocycles. The van der Waals surface area contributed by atoms with Gasteiger partial charge in [-0.05, 0) is 31.5 Å². The van der Waals surface area contributed by atoms with Crippen LogP contribution in [0.4, 0.5) is 0 Å². The van der Waals surface area contributed by atoms with Crippen molar-refractivity contribution < 1.29 is 4.79 Å². The fourth-order valence-corrected chi connectivity index (χ4v) is 3.25. The Labute approximate surface area is 176 Å². The second-order valence-corrected chi connectivity index (χ2v) is 7.06. The van der Waals surface area contributed by atoms with Crippen molar-refractivity contribution in [1.29, 1.82) is 0 Å². The van der Waals surface area contributed by atoms with Crippen LogP contribution in [0.2, 0.25) is 0 Å². The zero-order chi connectivity index (χ0) is 18.1. The smallest absolute Gasteiger partial charge is 0.242 e. The Balaban J connectivity index is 0.00000338. The molecule has 0 atom stereocenters. The maximum Gasteiger partial charge on any atom is 0.242 e. The molecule has 1 amide bonds. The molecule has 1 heterocycles. The average Bonchev–Trinajstić information content (AvgIpc) is 3.05. The molecule has 0 aliphatic carbocycles. The van der Waals surface area contributed by atoms with Crippen molar-refractivity contribution in [3.05, 3.63) is 57.8 Å². The molecule has 0 radical (unpaired) electrons. The molecule has 0 saturated carbocycles. The molecule has 0 unspecified atom stereocenters. The van der Waals surface area contributed by atoms with Crippen LogP contribution in [0.3, 0.4) is 0 Å². The third kappa shape index (κ3) is 7.33. The van der Waals surface area contributed by atoms with Gasteiger partial charge in [-0.1, -0.05) is 30.3 Å². The van der Waals surface area contributed by atoms with E-state index in [1.807, 2.05) is 42.2 Å². The van der Waals surface area contributed by atoms with Crippen LogP contribution in [0.5, 0.6) is 0 Å². The van der Waals surface area contributed by atoms with Gasteiger partial charge in [0.25, 0.3) is 0 Å². The van der Waals surface area contributed by atoms with Gasteiger partial charge in [-0.2, -0.15) is 0 Å². The Morgan fingerprint density at radius 3 is 2.46 bits per heavy atom. The van der Waals surface area contributed by atoms with Crippen molar-refractivity contribution in [2.45, 2.75) is 26.9 Å². The van der Waals surface area contributed by atoms with Crippen LogP contribution in [-0.2, 0) is 17.9 Å². The van der Waals surface area contributed by atoms with Crippen molar-refractivity contribution >= 4 is 47.2 Å². The quantitative estimate of drug-likeness (QED) is 0.359. The molecule has 0 aliphatic rings. The van der Waals surface area contributed by atoms with Gasteiger partial charge in [0, 0.05) is 29.9 Å². The zero-order valence-electron chi connectivity index (χ0n) is 15.5. The van der Waals surface area contributed by atoms with E-state index in [1.54, 1.807) is 18.4 Å². The van der Waals surface area contributed by atoms with E-state index in [9.17, 15) is 4.79 Å². The molecule has 0 fully saturated rings. The highest BCUT2D eigenvalue weighted by molar-refractivity contribution is 14.0. The van der Waals surface area contributed by atoms with Gasteiger partial charge < -0.3 is 15.5 Å². The van der Waals surface area contributed by atoms with Crippen LogP contribution in [0.25, 0.3) is 0 Å². The highest BCUT2D eigenvalue weighted by Gasteiger charge is 2.12. The highest BCUT2D eigenvalue weighted by atomic mass is 127. The Morgan fingerprint density at radius 2 is 1.88 bits per heavy atom. The fraction of sp³-hybridized carbons (Fsp3) is 0.368. The first-order valence-electron chi connectivity index (χ1n) is 8.44.